The number of hydrogen-bond donors (Lipinski definition) is 0. The van der Waals surface area contributed by atoms with Crippen molar-refractivity contribution in [2.24, 2.45) is 0 Å². The van der Waals surface area contributed by atoms with Crippen molar-refractivity contribution >= 4 is 34.2 Å². The highest BCUT2D eigenvalue weighted by molar-refractivity contribution is 6.08. The number of ketones is 1. The van der Waals surface area contributed by atoms with E-state index in [0.717, 1.165) is 17.0 Å². The molecule has 0 saturated carbocycles. The summed E-state index contributed by atoms with van der Waals surface area (Å²) in [6.45, 7) is 0.911. The molecule has 2 heterocycles. The van der Waals surface area contributed by atoms with Gasteiger partial charge in [-0.15, -0.1) is 0 Å². The zero-order valence-electron chi connectivity index (χ0n) is 20.2. The molecule has 1 aromatic heterocycles. The molecule has 1 atom stereocenters. The van der Waals surface area contributed by atoms with Gasteiger partial charge in [0.2, 0.25) is 5.91 Å². The molecule has 1 amide bonds. The van der Waals surface area contributed by atoms with Gasteiger partial charge in [0.05, 0.1) is 23.7 Å². The summed E-state index contributed by atoms with van der Waals surface area (Å²) in [5, 5.41) is 9.61. The predicted molar refractivity (Wildman–Crippen MR) is 131 cm³/mol. The average Bonchev–Trinajstić information content (AvgIpc) is 3.20. The zero-order chi connectivity index (χ0) is 27.7. The third-order valence-corrected chi connectivity index (χ3v) is 6.42. The number of halogens is 5. The van der Waals surface area contributed by atoms with E-state index in [9.17, 15) is 31.5 Å². The standard InChI is InChI=1S/C28H22F5N3O2/c1-17(19-3-5-20(6-4-19)28(31,32)33)12-18-2-7-24-23(13-18)22(10-11-35-24)25(37)8-9-26(38)36-16-27(29,30)14-21(36)15-34/h2-7,10-13,21H,8-9,14,16H2,1H3/b17-12+/t21-/m0/s1. The predicted octanol–water partition coefficient (Wildman–Crippen LogP) is 6.54. The van der Waals surface area contributed by atoms with E-state index >= 15 is 0 Å². The third-order valence-electron chi connectivity index (χ3n) is 6.42. The molecule has 0 spiro atoms. The molecule has 10 heteroatoms. The minimum Gasteiger partial charge on any atom is -0.320 e. The first-order chi connectivity index (χ1) is 17.9. The number of likely N-dealkylation sites (tertiary alicyclic amines) is 1. The van der Waals surface area contributed by atoms with Crippen LogP contribution in [0.4, 0.5) is 22.0 Å². The molecule has 1 saturated heterocycles. The molecule has 2 aromatic carbocycles. The number of Topliss-reactive ketones (excluding diaryl/α,β-unsaturated/α-hetero) is 1. The molecular formula is C28H22F5N3O2. The Hall–Kier alpha value is -4.13. The first-order valence-electron chi connectivity index (χ1n) is 11.7. The van der Waals surface area contributed by atoms with E-state index in [1.54, 1.807) is 37.3 Å². The third kappa shape index (κ3) is 5.88. The Morgan fingerprint density at radius 2 is 1.84 bits per heavy atom. The van der Waals surface area contributed by atoms with Crippen LogP contribution in [-0.2, 0) is 11.0 Å². The summed E-state index contributed by atoms with van der Waals surface area (Å²) in [4.78, 5) is 30.6. The van der Waals surface area contributed by atoms with E-state index in [-0.39, 0.29) is 18.6 Å². The highest BCUT2D eigenvalue weighted by Gasteiger charge is 2.47. The van der Waals surface area contributed by atoms with Crippen molar-refractivity contribution in [1.82, 2.24) is 9.88 Å². The first kappa shape index (κ1) is 26.9. The molecule has 0 bridgehead atoms. The van der Waals surface area contributed by atoms with Crippen molar-refractivity contribution < 1.29 is 31.5 Å². The molecule has 1 fully saturated rings. The zero-order valence-corrected chi connectivity index (χ0v) is 20.2. The van der Waals surface area contributed by atoms with Crippen molar-refractivity contribution in [3.05, 3.63) is 77.0 Å². The van der Waals surface area contributed by atoms with Gasteiger partial charge < -0.3 is 4.90 Å². The van der Waals surface area contributed by atoms with Gasteiger partial charge in [0.1, 0.15) is 6.04 Å². The summed E-state index contributed by atoms with van der Waals surface area (Å²) in [6.07, 6.45) is -2.48. The van der Waals surface area contributed by atoms with Crippen LogP contribution in [0.25, 0.3) is 22.6 Å². The number of aromatic nitrogens is 1. The maximum Gasteiger partial charge on any atom is 0.416 e. The van der Waals surface area contributed by atoms with Gasteiger partial charge in [0, 0.05) is 36.4 Å². The average molecular weight is 527 g/mol. The van der Waals surface area contributed by atoms with Gasteiger partial charge in [0.25, 0.3) is 5.92 Å². The fourth-order valence-corrected chi connectivity index (χ4v) is 4.45. The molecule has 1 aliphatic rings. The topological polar surface area (TPSA) is 74.1 Å². The number of hydrogen-bond acceptors (Lipinski definition) is 4. The molecule has 5 nitrogen and oxygen atoms in total. The lowest BCUT2D eigenvalue weighted by molar-refractivity contribution is -0.137. The van der Waals surface area contributed by atoms with Gasteiger partial charge in [0.15, 0.2) is 5.78 Å². The van der Waals surface area contributed by atoms with E-state index in [1.807, 2.05) is 0 Å². The molecule has 0 N–H and O–H groups in total. The van der Waals surface area contributed by atoms with Crippen LogP contribution in [0.1, 0.15) is 53.2 Å². The second-order valence-electron chi connectivity index (χ2n) is 9.19. The fourth-order valence-electron chi connectivity index (χ4n) is 4.45. The minimum absolute atomic E-state index is 0.233. The van der Waals surface area contributed by atoms with E-state index in [2.05, 4.69) is 4.98 Å². The quantitative estimate of drug-likeness (QED) is 0.207. The number of amides is 1. The van der Waals surface area contributed by atoms with Crippen LogP contribution >= 0.6 is 0 Å². The lowest BCUT2D eigenvalue weighted by atomic mass is 9.98. The normalized spacial score (nSPS) is 17.4. The number of fused-ring (bicyclic) bond motifs is 1. The SMILES string of the molecule is C/C(=C\c1ccc2nccc(C(=O)CCC(=O)N3CC(F)(F)C[C@H]3C#N)c2c1)c1ccc(C(F)(F)F)cc1. The Labute approximate surface area is 215 Å². The van der Waals surface area contributed by atoms with Gasteiger partial charge in [-0.2, -0.15) is 18.4 Å². The number of benzene rings is 2. The molecule has 0 radical (unpaired) electrons. The van der Waals surface area contributed by atoms with Crippen LogP contribution in [0.2, 0.25) is 0 Å². The fraction of sp³-hybridized carbons (Fsp3) is 0.286. The number of carbonyl (C=O) groups excluding carboxylic acids is 2. The van der Waals surface area contributed by atoms with Crippen LogP contribution in [0.3, 0.4) is 0 Å². The smallest absolute Gasteiger partial charge is 0.320 e. The molecule has 3 aromatic rings. The number of nitriles is 1. The second-order valence-corrected chi connectivity index (χ2v) is 9.19. The number of carbonyl (C=O) groups is 2. The second kappa shape index (κ2) is 10.3. The largest absolute Gasteiger partial charge is 0.416 e. The minimum atomic E-state index is -4.42. The summed E-state index contributed by atoms with van der Waals surface area (Å²) in [6, 6.07) is 12.0. The molecule has 196 valence electrons. The maximum atomic E-state index is 13.7. The Bertz CT molecular complexity index is 1460. The van der Waals surface area contributed by atoms with Gasteiger partial charge in [-0.3, -0.25) is 14.6 Å². The van der Waals surface area contributed by atoms with Crippen molar-refractivity contribution in [3.8, 4) is 6.07 Å². The van der Waals surface area contributed by atoms with Gasteiger partial charge in [-0.25, -0.2) is 8.78 Å². The van der Waals surface area contributed by atoms with Gasteiger partial charge in [-0.05, 0) is 54.0 Å². The van der Waals surface area contributed by atoms with Crippen LogP contribution in [-0.4, -0.2) is 40.1 Å². The Morgan fingerprint density at radius 1 is 1.13 bits per heavy atom. The van der Waals surface area contributed by atoms with Crippen molar-refractivity contribution in [2.45, 2.75) is 44.3 Å². The Balaban J connectivity index is 1.53. The number of pyridine rings is 1. The van der Waals surface area contributed by atoms with E-state index in [1.165, 1.54) is 24.4 Å². The number of rotatable bonds is 6. The maximum absolute atomic E-state index is 13.7. The number of allylic oxidation sites excluding steroid dienone is 1. The summed E-state index contributed by atoms with van der Waals surface area (Å²) in [5.74, 6) is -4.20. The molecule has 0 unspecified atom stereocenters. The van der Waals surface area contributed by atoms with Crippen molar-refractivity contribution in [1.29, 1.82) is 5.26 Å². The molecule has 0 aliphatic carbocycles. The molecule has 38 heavy (non-hydrogen) atoms. The van der Waals surface area contributed by atoms with E-state index in [0.29, 0.717) is 33.2 Å². The number of alkyl halides is 5. The lowest BCUT2D eigenvalue weighted by Gasteiger charge is -2.18. The lowest BCUT2D eigenvalue weighted by Crippen LogP contribution is -2.36. The highest BCUT2D eigenvalue weighted by Crippen LogP contribution is 2.33. The van der Waals surface area contributed by atoms with Crippen molar-refractivity contribution in [2.75, 3.05) is 6.54 Å². The highest BCUT2D eigenvalue weighted by atomic mass is 19.4. The van der Waals surface area contributed by atoms with Crippen LogP contribution in [0, 0.1) is 11.3 Å². The van der Waals surface area contributed by atoms with Crippen LogP contribution in [0.5, 0.6) is 0 Å². The molecule has 1 aliphatic heterocycles. The van der Waals surface area contributed by atoms with Crippen molar-refractivity contribution in [3.63, 3.8) is 0 Å². The number of nitrogens with zero attached hydrogens (tertiary/aromatic N) is 3. The molecule has 4 rings (SSSR count). The Kier molecular flexibility index (Phi) is 7.31. The van der Waals surface area contributed by atoms with E-state index in [4.69, 9.17) is 5.26 Å². The first-order valence-corrected chi connectivity index (χ1v) is 11.7. The van der Waals surface area contributed by atoms with Crippen LogP contribution < -0.4 is 0 Å². The molecular weight excluding hydrogens is 505 g/mol. The van der Waals surface area contributed by atoms with Gasteiger partial charge >= 0.3 is 6.18 Å². The summed E-state index contributed by atoms with van der Waals surface area (Å²) >= 11 is 0. The van der Waals surface area contributed by atoms with E-state index < -0.39 is 42.6 Å². The van der Waals surface area contributed by atoms with Crippen LogP contribution in [0.15, 0.2) is 54.7 Å². The Morgan fingerprint density at radius 3 is 2.50 bits per heavy atom. The van der Waals surface area contributed by atoms with Gasteiger partial charge in [-0.1, -0.05) is 24.3 Å². The summed E-state index contributed by atoms with van der Waals surface area (Å²) in [5.41, 5.74) is 2.07. The summed E-state index contributed by atoms with van der Waals surface area (Å²) < 4.78 is 65.9. The monoisotopic (exact) mass is 527 g/mol. The summed E-state index contributed by atoms with van der Waals surface area (Å²) in [7, 11) is 0.